The van der Waals surface area contributed by atoms with E-state index in [0.29, 0.717) is 35.9 Å². The van der Waals surface area contributed by atoms with Gasteiger partial charge in [0.05, 0.1) is 39.3 Å². The molecule has 0 unspecified atom stereocenters. The maximum absolute atomic E-state index is 16.0. The van der Waals surface area contributed by atoms with Crippen LogP contribution in [0.1, 0.15) is 66.8 Å². The zero-order valence-corrected chi connectivity index (χ0v) is 25.4. The van der Waals surface area contributed by atoms with Crippen molar-refractivity contribution in [3.05, 3.63) is 105 Å². The maximum Gasteiger partial charge on any atom is 0.416 e. The molecule has 3 aromatic carbocycles. The quantitative estimate of drug-likeness (QED) is 0.187. The van der Waals surface area contributed by atoms with Crippen molar-refractivity contribution in [3.8, 4) is 16.9 Å². The molecule has 0 saturated carbocycles. The van der Waals surface area contributed by atoms with Crippen molar-refractivity contribution < 1.29 is 35.1 Å². The van der Waals surface area contributed by atoms with Gasteiger partial charge in [-0.2, -0.15) is 31.4 Å². The van der Waals surface area contributed by atoms with Crippen LogP contribution in [0.15, 0.2) is 54.7 Å². The maximum atomic E-state index is 16.0. The second-order valence-electron chi connectivity index (χ2n) is 12.0. The van der Waals surface area contributed by atoms with E-state index in [1.807, 2.05) is 32.0 Å². The number of para-hydroxylation sites is 1. The van der Waals surface area contributed by atoms with Crippen LogP contribution in [-0.2, 0) is 43.8 Å². The van der Waals surface area contributed by atoms with E-state index < -0.39 is 40.7 Å². The van der Waals surface area contributed by atoms with Crippen LogP contribution in [0.2, 0.25) is 0 Å². The number of aromatic nitrogens is 3. The number of aryl methyl sites for hydroxylation is 2. The van der Waals surface area contributed by atoms with Crippen LogP contribution >= 0.6 is 0 Å². The van der Waals surface area contributed by atoms with Crippen molar-refractivity contribution in [2.75, 3.05) is 0 Å². The Kier molecular flexibility index (Phi) is 7.57. The zero-order chi connectivity index (χ0) is 33.3. The van der Waals surface area contributed by atoms with Crippen molar-refractivity contribution >= 4 is 10.9 Å². The van der Waals surface area contributed by atoms with Gasteiger partial charge in [0.1, 0.15) is 11.6 Å². The number of alkyl halides is 6. The Hall–Kier alpha value is -4.19. The second kappa shape index (κ2) is 11.0. The molecule has 0 saturated heterocycles. The molecule has 3 heterocycles. The van der Waals surface area contributed by atoms with E-state index in [1.165, 1.54) is 6.20 Å². The number of aromatic amines is 1. The first-order chi connectivity index (χ1) is 21.6. The fourth-order valence-electron chi connectivity index (χ4n) is 6.55. The minimum Gasteiger partial charge on any atom is -0.359 e. The molecular weight excluding hydrogens is 616 g/mol. The van der Waals surface area contributed by atoms with Crippen LogP contribution in [0.4, 0.5) is 35.1 Å². The Morgan fingerprint density at radius 1 is 0.848 bits per heavy atom. The summed E-state index contributed by atoms with van der Waals surface area (Å²) in [4.78, 5) is 4.49. The van der Waals surface area contributed by atoms with Gasteiger partial charge in [-0.3, -0.25) is 4.90 Å². The highest BCUT2D eigenvalue weighted by Crippen LogP contribution is 2.48. The average molecular weight is 647 g/mol. The summed E-state index contributed by atoms with van der Waals surface area (Å²) >= 11 is 0. The van der Waals surface area contributed by atoms with Gasteiger partial charge >= 0.3 is 12.4 Å². The molecule has 0 amide bonds. The number of nitrogens with one attached hydrogen (secondary N) is 1. The Bertz CT molecular complexity index is 1940. The van der Waals surface area contributed by atoms with Gasteiger partial charge in [-0.15, -0.1) is 0 Å². The van der Waals surface area contributed by atoms with E-state index in [9.17, 15) is 30.7 Å². The van der Waals surface area contributed by atoms with Gasteiger partial charge in [-0.1, -0.05) is 38.1 Å². The van der Waals surface area contributed by atoms with Gasteiger partial charge in [0, 0.05) is 41.9 Å². The first kappa shape index (κ1) is 31.8. The minimum atomic E-state index is -5.04. The molecule has 4 nitrogen and oxygen atoms in total. The predicted octanol–water partition coefficient (Wildman–Crippen LogP) is 9.71. The number of benzene rings is 3. The number of hydrogen-bond donors (Lipinski definition) is 1. The summed E-state index contributed by atoms with van der Waals surface area (Å²) in [7, 11) is 0. The molecule has 0 fully saturated rings. The first-order valence-electron chi connectivity index (χ1n) is 14.8. The smallest absolute Gasteiger partial charge is 0.359 e. The molecule has 0 atom stereocenters. The molecule has 6 rings (SSSR count). The average Bonchev–Trinajstić information content (AvgIpc) is 3.67. The highest BCUT2D eigenvalue weighted by Gasteiger charge is 2.45. The van der Waals surface area contributed by atoms with E-state index in [-0.39, 0.29) is 41.2 Å². The number of nitrogens with zero attached hydrogens (tertiary/aromatic N) is 3. The summed E-state index contributed by atoms with van der Waals surface area (Å²) in [5, 5.41) is 5.28. The Labute approximate surface area is 259 Å². The monoisotopic (exact) mass is 646 g/mol. The summed E-state index contributed by atoms with van der Waals surface area (Å²) < 4.78 is 115. The fourth-order valence-corrected chi connectivity index (χ4v) is 6.55. The zero-order valence-electron chi connectivity index (χ0n) is 25.4. The van der Waals surface area contributed by atoms with Gasteiger partial charge < -0.3 is 4.98 Å². The summed E-state index contributed by atoms with van der Waals surface area (Å²) in [5.41, 5.74) is 0.00319. The van der Waals surface area contributed by atoms with Gasteiger partial charge in [0.2, 0.25) is 0 Å². The largest absolute Gasteiger partial charge is 0.416 e. The van der Waals surface area contributed by atoms with Gasteiger partial charge in [0.25, 0.3) is 0 Å². The molecule has 0 spiro atoms. The summed E-state index contributed by atoms with van der Waals surface area (Å²) in [6.07, 6.45) is -7.24. The first-order valence-corrected chi connectivity index (χ1v) is 14.8. The summed E-state index contributed by atoms with van der Waals surface area (Å²) in [6.45, 7) is 7.13. The van der Waals surface area contributed by atoms with Gasteiger partial charge in [-0.25, -0.2) is 13.5 Å². The van der Waals surface area contributed by atoms with Crippen molar-refractivity contribution in [1.82, 2.24) is 19.7 Å². The standard InChI is InChI=1S/C34H30F8N4/c1-5-18-8-7-9-19(6-2)29(18)46-30(27-22-12-13-43-28(22)26(36)15-25(27)35)23-17-45(32(3,4)31(23)44-46)16-20-10-11-21(33(37,38)39)14-24(20)34(40,41)42/h7-15,43H,5-6,16-17H2,1-4H3. The molecule has 46 heavy (non-hydrogen) atoms. The third-order valence-corrected chi connectivity index (χ3v) is 8.97. The summed E-state index contributed by atoms with van der Waals surface area (Å²) in [6, 6.07) is 9.79. The molecule has 0 bridgehead atoms. The Morgan fingerprint density at radius 2 is 1.52 bits per heavy atom. The SMILES string of the molecule is CCc1cccc(CC)c1-n1nc2c(c1-c1c(F)cc(F)c3[nH]ccc13)CN(Cc1ccc(C(F)(F)F)cc1C(F)(F)F)C2(C)C. The van der Waals surface area contributed by atoms with E-state index in [1.54, 1.807) is 29.5 Å². The lowest BCUT2D eigenvalue weighted by Crippen LogP contribution is -2.36. The minimum absolute atomic E-state index is 0.00840. The highest BCUT2D eigenvalue weighted by molar-refractivity contribution is 5.96. The van der Waals surface area contributed by atoms with Crippen molar-refractivity contribution in [1.29, 1.82) is 0 Å². The van der Waals surface area contributed by atoms with E-state index >= 15 is 4.39 Å². The van der Waals surface area contributed by atoms with Crippen LogP contribution in [0.3, 0.4) is 0 Å². The number of rotatable bonds is 6. The molecule has 1 aliphatic rings. The van der Waals surface area contributed by atoms with Crippen LogP contribution in [-0.4, -0.2) is 19.7 Å². The number of H-pyrrole nitrogens is 1. The van der Waals surface area contributed by atoms with Crippen LogP contribution < -0.4 is 0 Å². The van der Waals surface area contributed by atoms with Crippen LogP contribution in [0.5, 0.6) is 0 Å². The number of halogens is 8. The topological polar surface area (TPSA) is 36.9 Å². The molecule has 0 radical (unpaired) electrons. The lowest BCUT2D eigenvalue weighted by molar-refractivity contribution is -0.143. The highest BCUT2D eigenvalue weighted by atomic mass is 19.4. The van der Waals surface area contributed by atoms with E-state index in [2.05, 4.69) is 4.98 Å². The third kappa shape index (κ3) is 5.06. The molecule has 1 aliphatic heterocycles. The van der Waals surface area contributed by atoms with Gasteiger partial charge in [-0.05, 0) is 61.6 Å². The lowest BCUT2D eigenvalue weighted by atomic mass is 9.96. The molecular formula is C34H30F8N4. The second-order valence-corrected chi connectivity index (χ2v) is 12.0. The van der Waals surface area contributed by atoms with E-state index in [0.717, 1.165) is 28.9 Å². The molecule has 0 aliphatic carbocycles. The normalized spacial score (nSPS) is 15.2. The third-order valence-electron chi connectivity index (χ3n) is 8.97. The summed E-state index contributed by atoms with van der Waals surface area (Å²) in [5.74, 6) is -1.62. The van der Waals surface area contributed by atoms with Crippen LogP contribution in [0, 0.1) is 11.6 Å². The Balaban J connectivity index is 1.57. The Morgan fingerprint density at radius 3 is 2.13 bits per heavy atom. The molecule has 2 aromatic heterocycles. The van der Waals surface area contributed by atoms with Crippen molar-refractivity contribution in [2.24, 2.45) is 0 Å². The fraction of sp³-hybridized carbons (Fsp3) is 0.324. The van der Waals surface area contributed by atoms with Crippen LogP contribution in [0.25, 0.3) is 27.8 Å². The molecule has 242 valence electrons. The lowest BCUT2D eigenvalue weighted by Gasteiger charge is -2.33. The number of hydrogen-bond acceptors (Lipinski definition) is 2. The van der Waals surface area contributed by atoms with Crippen molar-refractivity contribution in [3.63, 3.8) is 0 Å². The molecule has 12 heteroatoms. The number of fused-ring (bicyclic) bond motifs is 2. The molecule has 1 N–H and O–H groups in total. The predicted molar refractivity (Wildman–Crippen MR) is 158 cm³/mol. The van der Waals surface area contributed by atoms with Crippen molar-refractivity contribution in [2.45, 2.75) is 71.5 Å². The van der Waals surface area contributed by atoms with E-state index in [4.69, 9.17) is 5.10 Å². The van der Waals surface area contributed by atoms with Gasteiger partial charge in [0.15, 0.2) is 0 Å². The molecule has 5 aromatic rings.